The normalized spacial score (nSPS) is 30.6. The highest BCUT2D eigenvalue weighted by Crippen LogP contribution is 2.33. The van der Waals surface area contributed by atoms with E-state index in [1.165, 1.54) is 0 Å². The Morgan fingerprint density at radius 1 is 1.50 bits per heavy atom. The molecule has 0 spiro atoms. The number of aliphatic hydroxyl groups is 1. The number of carbonyl (C=O) groups is 1. The minimum atomic E-state index is -0.295. The van der Waals surface area contributed by atoms with Crippen LogP contribution >= 0.6 is 15.9 Å². The van der Waals surface area contributed by atoms with Crippen molar-refractivity contribution in [1.82, 2.24) is 4.90 Å². The van der Waals surface area contributed by atoms with Gasteiger partial charge in [0.1, 0.15) is 0 Å². The van der Waals surface area contributed by atoms with E-state index in [0.717, 1.165) is 32.2 Å². The number of piperidine rings is 1. The molecule has 0 radical (unpaired) electrons. The van der Waals surface area contributed by atoms with Crippen molar-refractivity contribution < 1.29 is 9.90 Å². The molecule has 0 bridgehead atoms. The number of rotatable bonds is 3. The number of aliphatic hydroxyl groups excluding tert-OH is 1. The maximum absolute atomic E-state index is 11.7. The van der Waals surface area contributed by atoms with Crippen LogP contribution in [0.2, 0.25) is 0 Å². The SMILES string of the molecule is O=C1C(Br)CCCN1CC(O)C1CC1. The van der Waals surface area contributed by atoms with Gasteiger partial charge in [-0.2, -0.15) is 0 Å². The molecule has 2 aliphatic rings. The molecule has 2 rings (SSSR count). The summed E-state index contributed by atoms with van der Waals surface area (Å²) in [6.07, 6.45) is 3.92. The Hall–Kier alpha value is -0.0900. The molecule has 1 N–H and O–H groups in total. The fourth-order valence-corrected chi connectivity index (χ4v) is 2.54. The van der Waals surface area contributed by atoms with E-state index in [1.54, 1.807) is 4.90 Å². The average Bonchev–Trinajstić information content (AvgIpc) is 2.95. The number of carbonyl (C=O) groups excluding carboxylic acids is 1. The second-order valence-corrected chi connectivity index (χ2v) is 5.40. The van der Waals surface area contributed by atoms with Crippen LogP contribution in [0.5, 0.6) is 0 Å². The summed E-state index contributed by atoms with van der Waals surface area (Å²) in [7, 11) is 0. The van der Waals surface area contributed by atoms with Crippen molar-refractivity contribution in [3.05, 3.63) is 0 Å². The van der Waals surface area contributed by atoms with E-state index < -0.39 is 0 Å². The molecular formula is C10H16BrNO2. The van der Waals surface area contributed by atoms with Crippen LogP contribution < -0.4 is 0 Å². The summed E-state index contributed by atoms with van der Waals surface area (Å²) in [6.45, 7) is 1.34. The quantitative estimate of drug-likeness (QED) is 0.775. The van der Waals surface area contributed by atoms with Crippen LogP contribution in [0.4, 0.5) is 0 Å². The monoisotopic (exact) mass is 261 g/mol. The third kappa shape index (κ3) is 2.28. The van der Waals surface area contributed by atoms with Crippen molar-refractivity contribution in [1.29, 1.82) is 0 Å². The second kappa shape index (κ2) is 4.19. The number of alkyl halides is 1. The van der Waals surface area contributed by atoms with Crippen LogP contribution in [-0.2, 0) is 4.79 Å². The summed E-state index contributed by atoms with van der Waals surface area (Å²) in [4.78, 5) is 13.4. The van der Waals surface area contributed by atoms with Crippen molar-refractivity contribution in [2.45, 2.75) is 36.6 Å². The van der Waals surface area contributed by atoms with Crippen LogP contribution in [0.25, 0.3) is 0 Å². The van der Waals surface area contributed by atoms with Gasteiger partial charge in [0.05, 0.1) is 10.9 Å². The fraction of sp³-hybridized carbons (Fsp3) is 0.900. The third-order valence-corrected chi connectivity index (χ3v) is 3.89. The predicted molar refractivity (Wildman–Crippen MR) is 57.3 cm³/mol. The molecule has 2 unspecified atom stereocenters. The second-order valence-electron chi connectivity index (χ2n) is 4.30. The summed E-state index contributed by atoms with van der Waals surface area (Å²) in [5, 5.41) is 9.74. The van der Waals surface area contributed by atoms with Crippen molar-refractivity contribution in [3.63, 3.8) is 0 Å². The summed E-state index contributed by atoms with van der Waals surface area (Å²) < 4.78 is 0. The van der Waals surface area contributed by atoms with Crippen molar-refractivity contribution in [2.24, 2.45) is 5.92 Å². The van der Waals surface area contributed by atoms with Gasteiger partial charge < -0.3 is 10.0 Å². The van der Waals surface area contributed by atoms with Crippen LogP contribution in [0.1, 0.15) is 25.7 Å². The predicted octanol–water partition coefficient (Wildman–Crippen LogP) is 1.14. The van der Waals surface area contributed by atoms with Gasteiger partial charge in [0, 0.05) is 13.1 Å². The fourth-order valence-electron chi connectivity index (χ4n) is 1.93. The van der Waals surface area contributed by atoms with Gasteiger partial charge >= 0.3 is 0 Å². The number of hydrogen-bond acceptors (Lipinski definition) is 2. The lowest BCUT2D eigenvalue weighted by Gasteiger charge is -2.31. The van der Waals surface area contributed by atoms with Gasteiger partial charge in [-0.3, -0.25) is 4.79 Å². The Balaban J connectivity index is 1.86. The summed E-state index contributed by atoms with van der Waals surface area (Å²) in [6, 6.07) is 0. The molecular weight excluding hydrogens is 246 g/mol. The lowest BCUT2D eigenvalue weighted by atomic mass is 10.1. The number of nitrogens with zero attached hydrogens (tertiary/aromatic N) is 1. The lowest BCUT2D eigenvalue weighted by molar-refractivity contribution is -0.134. The Bertz CT molecular complexity index is 230. The smallest absolute Gasteiger partial charge is 0.236 e. The maximum atomic E-state index is 11.7. The van der Waals surface area contributed by atoms with Crippen LogP contribution in [0, 0.1) is 5.92 Å². The molecule has 0 aromatic rings. The van der Waals surface area contributed by atoms with E-state index in [-0.39, 0.29) is 16.8 Å². The first-order valence-corrected chi connectivity index (χ1v) is 6.21. The lowest BCUT2D eigenvalue weighted by Crippen LogP contribution is -2.45. The van der Waals surface area contributed by atoms with Crippen LogP contribution in [0.3, 0.4) is 0 Å². The maximum Gasteiger partial charge on any atom is 0.236 e. The zero-order chi connectivity index (χ0) is 10.1. The molecule has 1 aliphatic heterocycles. The van der Waals surface area contributed by atoms with Crippen molar-refractivity contribution in [2.75, 3.05) is 13.1 Å². The number of likely N-dealkylation sites (tertiary alicyclic amines) is 1. The average molecular weight is 262 g/mol. The van der Waals surface area contributed by atoms with E-state index in [2.05, 4.69) is 15.9 Å². The molecule has 0 aromatic carbocycles. The standard InChI is InChI=1S/C10H16BrNO2/c11-8-2-1-5-12(10(8)14)6-9(13)7-3-4-7/h7-9,13H,1-6H2. The summed E-state index contributed by atoms with van der Waals surface area (Å²) in [5.41, 5.74) is 0. The number of amides is 1. The molecule has 80 valence electrons. The topological polar surface area (TPSA) is 40.5 Å². The third-order valence-electron chi connectivity index (χ3n) is 3.04. The van der Waals surface area contributed by atoms with E-state index in [4.69, 9.17) is 0 Å². The first-order valence-electron chi connectivity index (χ1n) is 5.29. The largest absolute Gasteiger partial charge is 0.391 e. The van der Waals surface area contributed by atoms with Gasteiger partial charge in [0.2, 0.25) is 5.91 Å². The minimum Gasteiger partial charge on any atom is -0.391 e. The van der Waals surface area contributed by atoms with E-state index in [1.807, 2.05) is 0 Å². The molecule has 0 aromatic heterocycles. The Morgan fingerprint density at radius 3 is 2.86 bits per heavy atom. The highest BCUT2D eigenvalue weighted by molar-refractivity contribution is 9.10. The minimum absolute atomic E-state index is 0.0253. The molecule has 2 atom stereocenters. The van der Waals surface area contributed by atoms with Crippen LogP contribution in [-0.4, -0.2) is 39.9 Å². The van der Waals surface area contributed by atoms with E-state index in [0.29, 0.717) is 12.5 Å². The summed E-state index contributed by atoms with van der Waals surface area (Å²) >= 11 is 3.36. The molecule has 1 aliphatic carbocycles. The van der Waals surface area contributed by atoms with Gasteiger partial charge in [-0.1, -0.05) is 15.9 Å². The van der Waals surface area contributed by atoms with Gasteiger partial charge in [0.15, 0.2) is 0 Å². The summed E-state index contributed by atoms with van der Waals surface area (Å²) in [5.74, 6) is 0.606. The zero-order valence-corrected chi connectivity index (χ0v) is 9.74. The van der Waals surface area contributed by atoms with Gasteiger partial charge in [-0.25, -0.2) is 0 Å². The van der Waals surface area contributed by atoms with Gasteiger partial charge in [0.25, 0.3) is 0 Å². The molecule has 1 amide bonds. The van der Waals surface area contributed by atoms with Crippen LogP contribution in [0.15, 0.2) is 0 Å². The highest BCUT2D eigenvalue weighted by Gasteiger charge is 2.34. The molecule has 4 heteroatoms. The molecule has 2 fully saturated rings. The molecule has 14 heavy (non-hydrogen) atoms. The number of hydrogen-bond donors (Lipinski definition) is 1. The van der Waals surface area contributed by atoms with E-state index >= 15 is 0 Å². The Morgan fingerprint density at radius 2 is 2.21 bits per heavy atom. The zero-order valence-electron chi connectivity index (χ0n) is 8.16. The first kappa shape index (κ1) is 10.4. The Labute approximate surface area is 92.6 Å². The molecule has 1 heterocycles. The molecule has 3 nitrogen and oxygen atoms in total. The van der Waals surface area contributed by atoms with E-state index in [9.17, 15) is 9.90 Å². The van der Waals surface area contributed by atoms with Gasteiger partial charge in [-0.05, 0) is 31.6 Å². The Kier molecular flexibility index (Phi) is 3.12. The van der Waals surface area contributed by atoms with Crippen molar-refractivity contribution >= 4 is 21.8 Å². The van der Waals surface area contributed by atoms with Gasteiger partial charge in [-0.15, -0.1) is 0 Å². The van der Waals surface area contributed by atoms with Crippen molar-refractivity contribution in [3.8, 4) is 0 Å². The number of β-amino-alcohol motifs (C(OH)–C–C–N with tert-alkyl or cyclic N) is 1. The molecule has 1 saturated carbocycles. The number of halogens is 1. The first-order chi connectivity index (χ1) is 6.68. The highest BCUT2D eigenvalue weighted by atomic mass is 79.9. The molecule has 1 saturated heterocycles.